The van der Waals surface area contributed by atoms with Gasteiger partial charge in [0.2, 0.25) is 5.91 Å². The lowest BCUT2D eigenvalue weighted by Crippen LogP contribution is -2.31. The minimum atomic E-state index is 0.0518. The van der Waals surface area contributed by atoms with Gasteiger partial charge in [-0.1, -0.05) is 36.4 Å². The van der Waals surface area contributed by atoms with Crippen molar-refractivity contribution < 1.29 is 4.79 Å². The molecule has 62 valence electrons. The highest BCUT2D eigenvalue weighted by Crippen LogP contribution is 2.29. The maximum absolute atomic E-state index is 10.9. The summed E-state index contributed by atoms with van der Waals surface area (Å²) in [7, 11) is 0. The number of carbonyl (C=O) groups is 1. The van der Waals surface area contributed by atoms with Gasteiger partial charge >= 0.3 is 0 Å². The molecule has 0 aromatic carbocycles. The highest BCUT2D eigenvalue weighted by molar-refractivity contribution is 14.1. The zero-order chi connectivity index (χ0) is 8.48. The first-order chi connectivity index (χ1) is 5.06. The third-order valence-corrected chi connectivity index (χ3v) is 2.85. The van der Waals surface area contributed by atoms with Crippen LogP contribution in [0.1, 0.15) is 26.7 Å². The topological polar surface area (TPSA) is 29.4 Å². The number of hydrogen-bond donors (Lipinski definition) is 0. The van der Waals surface area contributed by atoms with Crippen molar-refractivity contribution in [3.05, 3.63) is 0 Å². The number of alkyl halides is 1. The molecule has 1 amide bonds. The second-order valence-corrected chi connectivity index (χ2v) is 4.23. The Morgan fingerprint density at radius 3 is 2.73 bits per heavy atom. The average Bonchev–Trinajstić information content (AvgIpc) is 1.94. The van der Waals surface area contributed by atoms with Crippen molar-refractivity contribution in [3.8, 4) is 0 Å². The van der Waals surface area contributed by atoms with Crippen molar-refractivity contribution in [2.45, 2.75) is 26.7 Å². The molecule has 0 N–H and O–H groups in total. The fourth-order valence-corrected chi connectivity index (χ4v) is 2.34. The van der Waals surface area contributed by atoms with Gasteiger partial charge in [0.15, 0.2) is 0 Å². The molecule has 2 nitrogen and oxygen atoms in total. The fraction of sp³-hybridized carbons (Fsp3) is 0.750. The van der Waals surface area contributed by atoms with Gasteiger partial charge in [-0.05, 0) is 6.42 Å². The van der Waals surface area contributed by atoms with E-state index >= 15 is 0 Å². The number of halogens is 1. The maximum Gasteiger partial charge on any atom is 0.245 e. The third-order valence-electron chi connectivity index (χ3n) is 2.13. The molecule has 0 aromatic heterocycles. The SMILES string of the molecule is CC1(C)CCC(=O)N=C1CI. The van der Waals surface area contributed by atoms with Gasteiger partial charge < -0.3 is 0 Å². The third kappa shape index (κ3) is 2.01. The molecular formula is C8H12INO. The molecule has 0 fully saturated rings. The van der Waals surface area contributed by atoms with E-state index in [0.717, 1.165) is 16.6 Å². The molecule has 0 radical (unpaired) electrons. The molecular weight excluding hydrogens is 253 g/mol. The monoisotopic (exact) mass is 265 g/mol. The van der Waals surface area contributed by atoms with Crippen LogP contribution in [0.3, 0.4) is 0 Å². The number of rotatable bonds is 1. The van der Waals surface area contributed by atoms with Crippen LogP contribution in [0.4, 0.5) is 0 Å². The van der Waals surface area contributed by atoms with E-state index in [-0.39, 0.29) is 11.3 Å². The lowest BCUT2D eigenvalue weighted by Gasteiger charge is -2.28. The summed E-state index contributed by atoms with van der Waals surface area (Å²) in [5, 5.41) is 0. The lowest BCUT2D eigenvalue weighted by atomic mass is 9.81. The first-order valence-electron chi connectivity index (χ1n) is 3.73. The van der Waals surface area contributed by atoms with E-state index in [1.807, 2.05) is 0 Å². The van der Waals surface area contributed by atoms with Crippen LogP contribution in [0.25, 0.3) is 0 Å². The van der Waals surface area contributed by atoms with Gasteiger partial charge in [0.1, 0.15) is 0 Å². The van der Waals surface area contributed by atoms with E-state index in [2.05, 4.69) is 41.4 Å². The van der Waals surface area contributed by atoms with Gasteiger partial charge in [-0.25, -0.2) is 4.99 Å². The Hall–Kier alpha value is 0.0700. The Morgan fingerprint density at radius 2 is 2.27 bits per heavy atom. The molecule has 3 heteroatoms. The molecule has 0 spiro atoms. The average molecular weight is 265 g/mol. The van der Waals surface area contributed by atoms with Crippen LogP contribution in [0, 0.1) is 5.41 Å². The summed E-state index contributed by atoms with van der Waals surface area (Å²) in [4.78, 5) is 15.0. The second kappa shape index (κ2) is 3.21. The number of aliphatic imine (C=N–C) groups is 1. The van der Waals surface area contributed by atoms with Crippen LogP contribution in [0.5, 0.6) is 0 Å². The molecule has 0 aromatic rings. The van der Waals surface area contributed by atoms with Crippen LogP contribution < -0.4 is 0 Å². The summed E-state index contributed by atoms with van der Waals surface area (Å²) in [6.45, 7) is 4.30. The maximum atomic E-state index is 10.9. The fourth-order valence-electron chi connectivity index (χ4n) is 1.13. The van der Waals surface area contributed by atoms with Gasteiger partial charge in [-0.15, -0.1) is 0 Å². The molecule has 1 aliphatic rings. The van der Waals surface area contributed by atoms with E-state index in [1.165, 1.54) is 0 Å². The van der Waals surface area contributed by atoms with Crippen molar-refractivity contribution in [2.75, 3.05) is 4.43 Å². The van der Waals surface area contributed by atoms with Gasteiger partial charge in [0, 0.05) is 22.0 Å². The second-order valence-electron chi connectivity index (χ2n) is 3.47. The number of hydrogen-bond acceptors (Lipinski definition) is 1. The molecule has 0 atom stereocenters. The predicted molar refractivity (Wildman–Crippen MR) is 54.3 cm³/mol. The predicted octanol–water partition coefficient (Wildman–Crippen LogP) is 2.21. The summed E-state index contributed by atoms with van der Waals surface area (Å²) in [5.41, 5.74) is 1.20. The molecule has 11 heavy (non-hydrogen) atoms. The van der Waals surface area contributed by atoms with Crippen molar-refractivity contribution >= 4 is 34.2 Å². The zero-order valence-corrected chi connectivity index (χ0v) is 9.01. The Balaban J connectivity index is 2.89. The van der Waals surface area contributed by atoms with E-state index < -0.39 is 0 Å². The summed E-state index contributed by atoms with van der Waals surface area (Å²) < 4.78 is 0.872. The molecule has 0 saturated carbocycles. The van der Waals surface area contributed by atoms with Gasteiger partial charge in [-0.2, -0.15) is 0 Å². The van der Waals surface area contributed by atoms with Gasteiger partial charge in [0.05, 0.1) is 0 Å². The minimum Gasteiger partial charge on any atom is -0.273 e. The van der Waals surface area contributed by atoms with Gasteiger partial charge in [-0.3, -0.25) is 4.79 Å². The Morgan fingerprint density at radius 1 is 1.64 bits per heavy atom. The Bertz CT molecular complexity index is 208. The van der Waals surface area contributed by atoms with Crippen LogP contribution in [0.2, 0.25) is 0 Å². The smallest absolute Gasteiger partial charge is 0.245 e. The van der Waals surface area contributed by atoms with E-state index in [0.29, 0.717) is 6.42 Å². The summed E-state index contributed by atoms with van der Waals surface area (Å²) in [6, 6.07) is 0. The Kier molecular flexibility index (Phi) is 2.67. The first kappa shape index (κ1) is 9.16. The first-order valence-corrected chi connectivity index (χ1v) is 5.25. The molecule has 0 aliphatic carbocycles. The normalized spacial score (nSPS) is 23.2. The zero-order valence-electron chi connectivity index (χ0n) is 6.85. The standard InChI is InChI=1S/C8H12INO/c1-8(2)4-3-7(11)10-6(8)5-9/h3-5H2,1-2H3. The van der Waals surface area contributed by atoms with E-state index in [1.54, 1.807) is 0 Å². The molecule has 1 heterocycles. The molecule has 0 saturated heterocycles. The van der Waals surface area contributed by atoms with Crippen molar-refractivity contribution in [2.24, 2.45) is 10.4 Å². The van der Waals surface area contributed by atoms with Crippen molar-refractivity contribution in [1.82, 2.24) is 0 Å². The molecule has 0 unspecified atom stereocenters. The van der Waals surface area contributed by atoms with E-state index in [4.69, 9.17) is 0 Å². The molecule has 0 bridgehead atoms. The van der Waals surface area contributed by atoms with Crippen LogP contribution in [-0.4, -0.2) is 16.0 Å². The van der Waals surface area contributed by atoms with Crippen LogP contribution in [0.15, 0.2) is 4.99 Å². The summed E-state index contributed by atoms with van der Waals surface area (Å²) in [6.07, 6.45) is 1.57. The van der Waals surface area contributed by atoms with Crippen LogP contribution >= 0.6 is 22.6 Å². The number of nitrogens with zero attached hydrogens (tertiary/aromatic N) is 1. The minimum absolute atomic E-state index is 0.0518. The van der Waals surface area contributed by atoms with Crippen LogP contribution in [-0.2, 0) is 4.79 Å². The molecule has 1 aliphatic heterocycles. The quantitative estimate of drug-likeness (QED) is 0.528. The summed E-state index contributed by atoms with van der Waals surface area (Å²) >= 11 is 2.26. The lowest BCUT2D eigenvalue weighted by molar-refractivity contribution is -0.118. The van der Waals surface area contributed by atoms with Gasteiger partial charge in [0.25, 0.3) is 0 Å². The van der Waals surface area contributed by atoms with E-state index in [9.17, 15) is 4.79 Å². The summed E-state index contributed by atoms with van der Waals surface area (Å²) in [5.74, 6) is 0.0518. The Labute approximate surface area is 80.6 Å². The highest BCUT2D eigenvalue weighted by atomic mass is 127. The number of carbonyl (C=O) groups excluding carboxylic acids is 1. The van der Waals surface area contributed by atoms with Crippen molar-refractivity contribution in [1.29, 1.82) is 0 Å². The molecule has 1 rings (SSSR count). The highest BCUT2D eigenvalue weighted by Gasteiger charge is 2.29. The largest absolute Gasteiger partial charge is 0.273 e. The van der Waals surface area contributed by atoms with Crippen molar-refractivity contribution in [3.63, 3.8) is 0 Å². The number of amides is 1.